The van der Waals surface area contributed by atoms with Gasteiger partial charge in [0.25, 0.3) is 5.56 Å². The lowest BCUT2D eigenvalue weighted by molar-refractivity contribution is 0.655. The topological polar surface area (TPSA) is 71.9 Å². The van der Waals surface area contributed by atoms with E-state index in [1.54, 1.807) is 0 Å². The van der Waals surface area contributed by atoms with E-state index in [-0.39, 0.29) is 17.5 Å². The average molecular weight is 237 g/mol. The molecule has 0 saturated carbocycles. The van der Waals surface area contributed by atoms with E-state index in [1.165, 1.54) is 6.26 Å². The molecule has 1 unspecified atom stereocenters. The van der Waals surface area contributed by atoms with Crippen LogP contribution in [0.15, 0.2) is 15.7 Å². The van der Waals surface area contributed by atoms with Gasteiger partial charge in [-0.05, 0) is 0 Å². The van der Waals surface area contributed by atoms with Crippen LogP contribution in [0.2, 0.25) is 5.15 Å². The molecule has 1 aromatic heterocycles. The largest absolute Gasteiger partial charge is 0.329 e. The lowest BCUT2D eigenvalue weighted by Gasteiger charge is -2.01. The van der Waals surface area contributed by atoms with E-state index in [4.69, 9.17) is 11.6 Å². The minimum Gasteiger partial charge on any atom is -0.298 e. The van der Waals surface area contributed by atoms with Crippen molar-refractivity contribution in [3.8, 4) is 0 Å². The van der Waals surface area contributed by atoms with Crippen LogP contribution in [0.1, 0.15) is 0 Å². The molecule has 0 fully saturated rings. The number of aromatic nitrogens is 2. The number of rotatable bonds is 3. The maximum absolute atomic E-state index is 11.2. The lowest BCUT2D eigenvalue weighted by atomic mass is 10.6. The highest BCUT2D eigenvalue weighted by Crippen LogP contribution is 1.93. The van der Waals surface area contributed by atoms with Crippen molar-refractivity contribution in [1.82, 2.24) is 9.55 Å². The minimum atomic E-state index is -1.03. The molecule has 0 aliphatic rings. The fourth-order valence-corrected chi connectivity index (χ4v) is 1.54. The number of nitrogens with zero attached hydrogens (tertiary/aromatic N) is 1. The molecule has 1 N–H and O–H groups in total. The van der Waals surface area contributed by atoms with Gasteiger partial charge in [0.05, 0.1) is 0 Å². The summed E-state index contributed by atoms with van der Waals surface area (Å²) in [4.78, 5) is 24.7. The number of H-pyrrole nitrogens is 1. The van der Waals surface area contributed by atoms with Gasteiger partial charge in [0.2, 0.25) is 0 Å². The Balaban J connectivity index is 3.04. The molecule has 0 bridgehead atoms. The molecule has 0 amide bonds. The first-order valence-electron chi connectivity index (χ1n) is 3.80. The molecule has 0 aromatic carbocycles. The van der Waals surface area contributed by atoms with Crippen molar-refractivity contribution in [1.29, 1.82) is 0 Å². The van der Waals surface area contributed by atoms with Crippen LogP contribution >= 0.6 is 11.6 Å². The van der Waals surface area contributed by atoms with Crippen molar-refractivity contribution in [2.75, 3.05) is 12.0 Å². The zero-order chi connectivity index (χ0) is 10.7. The predicted octanol–water partition coefficient (Wildman–Crippen LogP) is -0.432. The summed E-state index contributed by atoms with van der Waals surface area (Å²) in [7, 11) is -1.03. The summed E-state index contributed by atoms with van der Waals surface area (Å²) in [6, 6.07) is 1.11. The summed E-state index contributed by atoms with van der Waals surface area (Å²) in [6.45, 7) is 0.133. The Hall–Kier alpha value is -0.880. The van der Waals surface area contributed by atoms with Crippen molar-refractivity contribution in [2.24, 2.45) is 0 Å². The molecule has 1 rings (SSSR count). The number of aromatic amines is 1. The average Bonchev–Trinajstić information content (AvgIpc) is 2.01. The summed E-state index contributed by atoms with van der Waals surface area (Å²) < 4.78 is 11.7. The Morgan fingerprint density at radius 3 is 2.71 bits per heavy atom. The molecule has 78 valence electrons. The third-order valence-electron chi connectivity index (χ3n) is 1.59. The van der Waals surface area contributed by atoms with Crippen LogP contribution in [0.5, 0.6) is 0 Å². The molecule has 7 heteroatoms. The van der Waals surface area contributed by atoms with Gasteiger partial charge < -0.3 is 0 Å². The van der Waals surface area contributed by atoms with E-state index in [1.807, 2.05) is 0 Å². The Bertz CT molecular complexity index is 433. The molecule has 0 spiro atoms. The molecule has 0 aliphatic heterocycles. The van der Waals surface area contributed by atoms with Crippen molar-refractivity contribution < 1.29 is 4.21 Å². The van der Waals surface area contributed by atoms with Gasteiger partial charge in [0.1, 0.15) is 5.15 Å². The normalized spacial score (nSPS) is 12.7. The first-order valence-corrected chi connectivity index (χ1v) is 5.91. The second kappa shape index (κ2) is 4.56. The lowest BCUT2D eigenvalue weighted by Crippen LogP contribution is -2.35. The van der Waals surface area contributed by atoms with Gasteiger partial charge >= 0.3 is 5.69 Å². The number of nitrogens with one attached hydrogen (secondary N) is 1. The number of halogens is 1. The van der Waals surface area contributed by atoms with Gasteiger partial charge in [-0.2, -0.15) is 0 Å². The molecule has 1 heterocycles. The van der Waals surface area contributed by atoms with Crippen LogP contribution in [0, 0.1) is 0 Å². The summed E-state index contributed by atoms with van der Waals surface area (Å²) in [5, 5.41) is 0.00821. The summed E-state index contributed by atoms with van der Waals surface area (Å²) in [5.41, 5.74) is -1.06. The first kappa shape index (κ1) is 11.2. The summed E-state index contributed by atoms with van der Waals surface area (Å²) in [6.07, 6.45) is 1.51. The van der Waals surface area contributed by atoms with Crippen LogP contribution in [0.3, 0.4) is 0 Å². The summed E-state index contributed by atoms with van der Waals surface area (Å²) >= 11 is 5.46. The quantitative estimate of drug-likeness (QED) is 0.724. The molecule has 1 aromatic rings. The maximum atomic E-state index is 11.2. The first-order chi connectivity index (χ1) is 6.50. The second-order valence-electron chi connectivity index (χ2n) is 2.69. The molecule has 5 nitrogen and oxygen atoms in total. The second-order valence-corrected chi connectivity index (χ2v) is 4.65. The van der Waals surface area contributed by atoms with E-state index in [0.717, 1.165) is 10.6 Å². The third kappa shape index (κ3) is 2.81. The van der Waals surface area contributed by atoms with Crippen LogP contribution in [-0.2, 0) is 17.3 Å². The smallest absolute Gasteiger partial charge is 0.298 e. The van der Waals surface area contributed by atoms with Gasteiger partial charge in [-0.1, -0.05) is 11.6 Å². The van der Waals surface area contributed by atoms with E-state index < -0.39 is 22.0 Å². The SMILES string of the molecule is CS(=O)CCn1c(=O)cc(Cl)[nH]c1=O. The zero-order valence-corrected chi connectivity index (χ0v) is 9.02. The highest BCUT2D eigenvalue weighted by Gasteiger charge is 2.03. The molecule has 0 aliphatic carbocycles. The molecular formula is C7H9ClN2O3S. The zero-order valence-electron chi connectivity index (χ0n) is 7.45. The minimum absolute atomic E-state index is 0.00821. The molecule has 14 heavy (non-hydrogen) atoms. The Morgan fingerprint density at radius 2 is 2.21 bits per heavy atom. The van der Waals surface area contributed by atoms with E-state index in [2.05, 4.69) is 4.98 Å². The van der Waals surface area contributed by atoms with E-state index in [9.17, 15) is 13.8 Å². The monoisotopic (exact) mass is 236 g/mol. The van der Waals surface area contributed by atoms with Crippen molar-refractivity contribution in [2.45, 2.75) is 6.54 Å². The fourth-order valence-electron chi connectivity index (χ4n) is 0.924. The Labute approximate surface area is 87.2 Å². The van der Waals surface area contributed by atoms with Crippen LogP contribution in [0.25, 0.3) is 0 Å². The third-order valence-corrected chi connectivity index (χ3v) is 2.55. The van der Waals surface area contributed by atoms with Gasteiger partial charge in [-0.3, -0.25) is 18.6 Å². The highest BCUT2D eigenvalue weighted by atomic mass is 35.5. The Morgan fingerprint density at radius 1 is 1.57 bits per heavy atom. The van der Waals surface area contributed by atoms with Crippen molar-refractivity contribution in [3.05, 3.63) is 32.1 Å². The number of hydrogen-bond donors (Lipinski definition) is 1. The Kier molecular flexibility index (Phi) is 3.65. The van der Waals surface area contributed by atoms with Gasteiger partial charge in [-0.15, -0.1) is 0 Å². The predicted molar refractivity (Wildman–Crippen MR) is 55.3 cm³/mol. The van der Waals surface area contributed by atoms with E-state index in [0.29, 0.717) is 0 Å². The van der Waals surface area contributed by atoms with Crippen molar-refractivity contribution >= 4 is 22.4 Å². The van der Waals surface area contributed by atoms with Gasteiger partial charge in [0, 0.05) is 35.4 Å². The fraction of sp³-hybridized carbons (Fsp3) is 0.429. The van der Waals surface area contributed by atoms with Gasteiger partial charge in [-0.25, -0.2) is 4.79 Å². The van der Waals surface area contributed by atoms with Crippen LogP contribution in [-0.4, -0.2) is 25.8 Å². The van der Waals surface area contributed by atoms with Gasteiger partial charge in [0.15, 0.2) is 0 Å². The number of hydrogen-bond acceptors (Lipinski definition) is 3. The molecule has 1 atom stereocenters. The molecule has 0 radical (unpaired) electrons. The molecule has 0 saturated heterocycles. The van der Waals surface area contributed by atoms with E-state index >= 15 is 0 Å². The van der Waals surface area contributed by atoms with Crippen molar-refractivity contribution in [3.63, 3.8) is 0 Å². The maximum Gasteiger partial charge on any atom is 0.329 e. The van der Waals surface area contributed by atoms with Crippen LogP contribution < -0.4 is 11.2 Å². The van der Waals surface area contributed by atoms with Crippen LogP contribution in [0.4, 0.5) is 0 Å². The molecular weight excluding hydrogens is 228 g/mol. The standard InChI is InChI=1S/C7H9ClN2O3S/c1-14(13)3-2-10-6(11)4-5(8)9-7(10)12/h4H,2-3H2,1H3,(H,9,12). The highest BCUT2D eigenvalue weighted by molar-refractivity contribution is 7.84. The summed E-state index contributed by atoms with van der Waals surface area (Å²) in [5.74, 6) is 0.268.